The van der Waals surface area contributed by atoms with E-state index in [4.69, 9.17) is 5.73 Å². The summed E-state index contributed by atoms with van der Waals surface area (Å²) in [6.07, 6.45) is 2.61. The third-order valence-electron chi connectivity index (χ3n) is 3.62. The van der Waals surface area contributed by atoms with Gasteiger partial charge in [-0.2, -0.15) is 0 Å². The molecule has 1 fully saturated rings. The van der Waals surface area contributed by atoms with E-state index in [0.717, 1.165) is 18.4 Å². The van der Waals surface area contributed by atoms with Crippen molar-refractivity contribution in [1.29, 1.82) is 0 Å². The minimum Gasteiger partial charge on any atom is -0.398 e. The van der Waals surface area contributed by atoms with Crippen LogP contribution < -0.4 is 5.73 Å². The van der Waals surface area contributed by atoms with Gasteiger partial charge in [-0.05, 0) is 18.1 Å². The van der Waals surface area contributed by atoms with E-state index in [1.807, 2.05) is 31.2 Å². The van der Waals surface area contributed by atoms with Crippen molar-refractivity contribution < 1.29 is 9.59 Å². The molecule has 1 heterocycles. The molecular weight excluding hydrogens is 240 g/mol. The van der Waals surface area contributed by atoms with Crippen LogP contribution >= 0.6 is 0 Å². The Bertz CT molecular complexity index is 467. The number of para-hydroxylation sites is 1. The van der Waals surface area contributed by atoms with Crippen molar-refractivity contribution in [2.75, 3.05) is 12.3 Å². The largest absolute Gasteiger partial charge is 0.398 e. The van der Waals surface area contributed by atoms with Crippen LogP contribution in [0.1, 0.15) is 44.1 Å². The minimum atomic E-state index is -0.0713. The first-order valence-corrected chi connectivity index (χ1v) is 6.81. The molecule has 0 spiro atoms. The van der Waals surface area contributed by atoms with E-state index in [1.165, 1.54) is 4.90 Å². The van der Waals surface area contributed by atoms with Gasteiger partial charge >= 0.3 is 0 Å². The molecule has 0 saturated carbocycles. The van der Waals surface area contributed by atoms with Crippen LogP contribution in [0.25, 0.3) is 0 Å². The highest BCUT2D eigenvalue weighted by Gasteiger charge is 2.33. The van der Waals surface area contributed by atoms with Crippen LogP contribution in [-0.4, -0.2) is 23.3 Å². The summed E-state index contributed by atoms with van der Waals surface area (Å²) in [6.45, 7) is 2.59. The van der Waals surface area contributed by atoms with Crippen LogP contribution in [0.15, 0.2) is 24.3 Å². The van der Waals surface area contributed by atoms with Crippen LogP contribution in [0.2, 0.25) is 0 Å². The van der Waals surface area contributed by atoms with Crippen molar-refractivity contribution in [2.24, 2.45) is 0 Å². The maximum atomic E-state index is 12.1. The zero-order valence-electron chi connectivity index (χ0n) is 11.3. The lowest BCUT2D eigenvalue weighted by molar-refractivity contribution is -0.148. The number of nitrogens with two attached hydrogens (primary N) is 1. The summed E-state index contributed by atoms with van der Waals surface area (Å²) >= 11 is 0. The molecule has 0 aromatic heterocycles. The number of nitrogens with zero attached hydrogens (tertiary/aromatic N) is 1. The Balaban J connectivity index is 2.11. The van der Waals surface area contributed by atoms with Crippen molar-refractivity contribution >= 4 is 17.5 Å². The number of benzene rings is 1. The molecule has 1 aromatic rings. The van der Waals surface area contributed by atoms with Gasteiger partial charge in [-0.15, -0.1) is 0 Å². The Kier molecular flexibility index (Phi) is 4.20. The van der Waals surface area contributed by atoms with Crippen LogP contribution in [0.3, 0.4) is 0 Å². The molecule has 2 N–H and O–H groups in total. The lowest BCUT2D eigenvalue weighted by Gasteiger charge is -2.30. The molecular formula is C15H20N2O2. The number of carbonyl (C=O) groups is 2. The number of amides is 2. The van der Waals surface area contributed by atoms with Gasteiger partial charge < -0.3 is 5.73 Å². The molecule has 0 bridgehead atoms. The molecule has 1 saturated heterocycles. The number of unbranched alkanes of at least 4 members (excludes halogenated alkanes) is 1. The highest BCUT2D eigenvalue weighted by Crippen LogP contribution is 2.32. The normalized spacial score (nSPS) is 17.0. The fraction of sp³-hybridized carbons (Fsp3) is 0.467. The first kappa shape index (κ1) is 13.6. The molecule has 0 unspecified atom stereocenters. The lowest BCUT2D eigenvalue weighted by atomic mass is 9.87. The van der Waals surface area contributed by atoms with Gasteiger partial charge in [0.15, 0.2) is 0 Å². The quantitative estimate of drug-likeness (QED) is 0.667. The third-order valence-corrected chi connectivity index (χ3v) is 3.62. The zero-order chi connectivity index (χ0) is 13.8. The van der Waals surface area contributed by atoms with E-state index in [2.05, 4.69) is 0 Å². The number of imide groups is 1. The maximum absolute atomic E-state index is 12.1. The van der Waals surface area contributed by atoms with Crippen LogP contribution in [0.5, 0.6) is 0 Å². The molecule has 19 heavy (non-hydrogen) atoms. The number of rotatable bonds is 4. The van der Waals surface area contributed by atoms with E-state index in [-0.39, 0.29) is 17.7 Å². The maximum Gasteiger partial charge on any atom is 0.229 e. The summed E-state index contributed by atoms with van der Waals surface area (Å²) in [4.78, 5) is 25.5. The molecule has 1 aromatic carbocycles. The summed E-state index contributed by atoms with van der Waals surface area (Å²) in [7, 11) is 0. The van der Waals surface area contributed by atoms with Gasteiger partial charge in [0.25, 0.3) is 0 Å². The smallest absolute Gasteiger partial charge is 0.229 e. The Labute approximate surface area is 113 Å². The SMILES string of the molecule is CCCCN1C(=O)CC(c2ccccc2N)CC1=O. The minimum absolute atomic E-state index is 0.0703. The standard InChI is InChI=1S/C15H20N2O2/c1-2-3-8-17-14(18)9-11(10-15(17)19)12-6-4-5-7-13(12)16/h4-7,11H,2-3,8-10,16H2,1H3. The van der Waals surface area contributed by atoms with Gasteiger partial charge in [0, 0.05) is 31.0 Å². The summed E-state index contributed by atoms with van der Waals surface area (Å²) in [5.74, 6) is -0.213. The average molecular weight is 260 g/mol. The molecule has 4 heteroatoms. The first-order valence-electron chi connectivity index (χ1n) is 6.81. The average Bonchev–Trinajstić information content (AvgIpc) is 2.38. The number of hydrogen-bond donors (Lipinski definition) is 1. The van der Waals surface area contributed by atoms with Crippen LogP contribution in [0, 0.1) is 0 Å². The molecule has 1 aliphatic rings. The van der Waals surface area contributed by atoms with E-state index in [0.29, 0.717) is 25.1 Å². The van der Waals surface area contributed by atoms with Crippen LogP contribution in [0.4, 0.5) is 5.69 Å². The highest BCUT2D eigenvalue weighted by atomic mass is 16.2. The molecule has 4 nitrogen and oxygen atoms in total. The first-order chi connectivity index (χ1) is 9.13. The van der Waals surface area contributed by atoms with Crippen LogP contribution in [-0.2, 0) is 9.59 Å². The van der Waals surface area contributed by atoms with Crippen molar-refractivity contribution in [3.63, 3.8) is 0 Å². The molecule has 102 valence electrons. The summed E-state index contributed by atoms with van der Waals surface area (Å²) < 4.78 is 0. The molecule has 0 radical (unpaired) electrons. The van der Waals surface area contributed by atoms with Crippen molar-refractivity contribution in [3.8, 4) is 0 Å². The topological polar surface area (TPSA) is 63.4 Å². The van der Waals surface area contributed by atoms with Gasteiger partial charge in [-0.3, -0.25) is 14.5 Å². The fourth-order valence-corrected chi connectivity index (χ4v) is 2.52. The predicted octanol–water partition coefficient (Wildman–Crippen LogP) is 2.30. The monoisotopic (exact) mass is 260 g/mol. The van der Waals surface area contributed by atoms with Gasteiger partial charge in [0.1, 0.15) is 0 Å². The molecule has 2 amide bonds. The number of nitrogen functional groups attached to an aromatic ring is 1. The molecule has 2 rings (SSSR count). The van der Waals surface area contributed by atoms with E-state index < -0.39 is 0 Å². The van der Waals surface area contributed by atoms with E-state index >= 15 is 0 Å². The highest BCUT2D eigenvalue weighted by molar-refractivity contribution is 5.98. The number of hydrogen-bond acceptors (Lipinski definition) is 3. The Hall–Kier alpha value is -1.84. The summed E-state index contributed by atoms with van der Waals surface area (Å²) in [5.41, 5.74) is 7.50. The van der Waals surface area contributed by atoms with Crippen molar-refractivity contribution in [1.82, 2.24) is 4.90 Å². The van der Waals surface area contributed by atoms with E-state index in [9.17, 15) is 9.59 Å². The summed E-state index contributed by atoms with van der Waals surface area (Å²) in [5, 5.41) is 0. The second-order valence-electron chi connectivity index (χ2n) is 5.03. The number of likely N-dealkylation sites (tertiary alicyclic amines) is 1. The van der Waals surface area contributed by atoms with E-state index in [1.54, 1.807) is 0 Å². The van der Waals surface area contributed by atoms with Crippen molar-refractivity contribution in [2.45, 2.75) is 38.5 Å². The van der Waals surface area contributed by atoms with Gasteiger partial charge in [0.2, 0.25) is 11.8 Å². The molecule has 0 atom stereocenters. The van der Waals surface area contributed by atoms with Gasteiger partial charge in [-0.1, -0.05) is 31.5 Å². The zero-order valence-corrected chi connectivity index (χ0v) is 11.3. The fourth-order valence-electron chi connectivity index (χ4n) is 2.52. The summed E-state index contributed by atoms with van der Waals surface area (Å²) in [6, 6.07) is 7.47. The Morgan fingerprint density at radius 1 is 1.21 bits per heavy atom. The molecule has 0 aliphatic carbocycles. The third kappa shape index (κ3) is 2.95. The number of anilines is 1. The number of carbonyl (C=O) groups excluding carboxylic acids is 2. The lowest BCUT2D eigenvalue weighted by Crippen LogP contribution is -2.43. The van der Waals surface area contributed by atoms with Crippen molar-refractivity contribution in [3.05, 3.63) is 29.8 Å². The molecule has 1 aliphatic heterocycles. The Morgan fingerprint density at radius 2 is 1.84 bits per heavy atom. The van der Waals surface area contributed by atoms with Gasteiger partial charge in [-0.25, -0.2) is 0 Å². The predicted molar refractivity (Wildman–Crippen MR) is 74.5 cm³/mol. The number of piperidine rings is 1. The Morgan fingerprint density at radius 3 is 2.42 bits per heavy atom. The van der Waals surface area contributed by atoms with Gasteiger partial charge in [0.05, 0.1) is 0 Å². The second kappa shape index (κ2) is 5.87. The second-order valence-corrected chi connectivity index (χ2v) is 5.03.